The number of benzene rings is 2. The van der Waals surface area contributed by atoms with Crippen LogP contribution in [0.25, 0.3) is 5.57 Å². The molecule has 9 nitrogen and oxygen atoms in total. The molecule has 1 aromatic heterocycles. The van der Waals surface area contributed by atoms with Gasteiger partial charge in [0.2, 0.25) is 0 Å². The molecule has 0 unspecified atom stereocenters. The van der Waals surface area contributed by atoms with Gasteiger partial charge in [-0.25, -0.2) is 4.99 Å². The Morgan fingerprint density at radius 1 is 1.07 bits per heavy atom. The van der Waals surface area contributed by atoms with Crippen molar-refractivity contribution in [3.05, 3.63) is 83.0 Å². The fraction of sp³-hybridized carbons (Fsp3) is 0.333. The van der Waals surface area contributed by atoms with Gasteiger partial charge in [0.05, 0.1) is 36.8 Å². The molecule has 2 aromatic carbocycles. The molecule has 0 bridgehead atoms. The number of halogens is 1. The van der Waals surface area contributed by atoms with Crippen molar-refractivity contribution in [2.75, 3.05) is 38.8 Å². The lowest BCUT2D eigenvalue weighted by Gasteiger charge is -2.30. The van der Waals surface area contributed by atoms with Crippen molar-refractivity contribution in [2.45, 2.75) is 33.7 Å². The summed E-state index contributed by atoms with van der Waals surface area (Å²) in [5.41, 5.74) is 2.84. The van der Waals surface area contributed by atoms with Crippen LogP contribution in [0.2, 0.25) is 0 Å². The average Bonchev–Trinajstić information content (AvgIpc) is 3.43. The van der Waals surface area contributed by atoms with E-state index in [4.69, 9.17) is 14.5 Å². The number of ether oxygens (including phenoxy) is 2. The number of nitrogens with zero attached hydrogens (tertiary/aromatic N) is 4. The number of anilines is 1. The van der Waals surface area contributed by atoms with Crippen LogP contribution in [0.3, 0.4) is 0 Å². The number of carbonyl (C=O) groups excluding carboxylic acids is 2. The van der Waals surface area contributed by atoms with Crippen molar-refractivity contribution >= 4 is 50.3 Å². The lowest BCUT2D eigenvalue weighted by molar-refractivity contribution is -0.127. The van der Waals surface area contributed by atoms with E-state index in [0.29, 0.717) is 63.9 Å². The first kappa shape index (κ1) is 28.8. The van der Waals surface area contributed by atoms with Crippen LogP contribution in [0.1, 0.15) is 44.9 Å². The number of carbonyl (C=O) groups is 2. The summed E-state index contributed by atoms with van der Waals surface area (Å²) in [5, 5.41) is 0. The first-order valence-corrected chi connectivity index (χ1v) is 15.0. The van der Waals surface area contributed by atoms with Crippen molar-refractivity contribution in [2.24, 2.45) is 4.99 Å². The van der Waals surface area contributed by atoms with Crippen LogP contribution in [-0.2, 0) is 9.59 Å². The number of hydrogen-bond donors (Lipinski definition) is 0. The maximum absolute atomic E-state index is 14.4. The molecule has 41 heavy (non-hydrogen) atoms. The largest absolute Gasteiger partial charge is 0.497 e. The maximum atomic E-state index is 14.4. The summed E-state index contributed by atoms with van der Waals surface area (Å²) in [5.74, 6) is 0.597. The molecule has 2 amide bonds. The van der Waals surface area contributed by atoms with E-state index in [1.165, 1.54) is 4.57 Å². The SMILES string of the molecule is CCN(CC)C(=O)C1=C(C)N=c2s/c(=C3\C(=O)N(CC)c4ccc(Br)cc43)c(=O)n2[C@H]1c1cc(OC)ccc1OC. The summed E-state index contributed by atoms with van der Waals surface area (Å²) in [4.78, 5) is 50.7. The number of methoxy groups -OCH3 is 2. The topological polar surface area (TPSA) is 93.4 Å². The maximum Gasteiger partial charge on any atom is 0.271 e. The second kappa shape index (κ2) is 11.3. The lowest BCUT2D eigenvalue weighted by Crippen LogP contribution is -2.43. The highest BCUT2D eigenvalue weighted by molar-refractivity contribution is 9.10. The summed E-state index contributed by atoms with van der Waals surface area (Å²) in [6.45, 7) is 8.96. The van der Waals surface area contributed by atoms with Gasteiger partial charge in [-0.2, -0.15) is 0 Å². The van der Waals surface area contributed by atoms with E-state index < -0.39 is 11.6 Å². The standard InChI is InChI=1S/C30H31BrN4O5S/c1-7-33(8-2)27(36)23-16(4)32-30-35(25(23)20-15-18(39-5)11-13-22(20)40-6)29(38)26(41-30)24-19-14-17(31)10-12-21(19)34(9-3)28(24)37/h10-15,25H,7-9H2,1-6H3/b26-24-/t25-/m0/s1. The summed E-state index contributed by atoms with van der Waals surface area (Å²) in [6, 6.07) is 10.1. The van der Waals surface area contributed by atoms with Gasteiger partial charge in [0.25, 0.3) is 17.4 Å². The second-order valence-electron chi connectivity index (χ2n) is 9.57. The zero-order chi connectivity index (χ0) is 29.6. The molecule has 0 radical (unpaired) electrons. The summed E-state index contributed by atoms with van der Waals surface area (Å²) < 4.78 is 13.8. The molecule has 3 heterocycles. The Morgan fingerprint density at radius 3 is 2.44 bits per heavy atom. The molecule has 1 atom stereocenters. The van der Waals surface area contributed by atoms with Crippen molar-refractivity contribution in [1.82, 2.24) is 9.47 Å². The molecule has 214 valence electrons. The van der Waals surface area contributed by atoms with Crippen LogP contribution in [0.15, 0.2) is 61.9 Å². The van der Waals surface area contributed by atoms with Gasteiger partial charge in [-0.05, 0) is 64.1 Å². The average molecular weight is 640 g/mol. The third kappa shape index (κ3) is 4.61. The zero-order valence-corrected chi connectivity index (χ0v) is 26.2. The highest BCUT2D eigenvalue weighted by Gasteiger charge is 2.38. The molecule has 0 aliphatic carbocycles. The number of aromatic nitrogens is 1. The van der Waals surface area contributed by atoms with Gasteiger partial charge >= 0.3 is 0 Å². The smallest absolute Gasteiger partial charge is 0.271 e. The van der Waals surface area contributed by atoms with Crippen LogP contribution in [0, 0.1) is 0 Å². The minimum absolute atomic E-state index is 0.215. The quantitative estimate of drug-likeness (QED) is 0.394. The summed E-state index contributed by atoms with van der Waals surface area (Å²) in [6.07, 6.45) is 0. The monoisotopic (exact) mass is 638 g/mol. The van der Waals surface area contributed by atoms with Crippen molar-refractivity contribution < 1.29 is 19.1 Å². The molecule has 0 saturated heterocycles. The van der Waals surface area contributed by atoms with Gasteiger partial charge in [-0.3, -0.25) is 19.0 Å². The van der Waals surface area contributed by atoms with E-state index in [-0.39, 0.29) is 16.3 Å². The van der Waals surface area contributed by atoms with Gasteiger partial charge in [0.1, 0.15) is 22.1 Å². The number of allylic oxidation sites excluding steroid dienone is 1. The first-order chi connectivity index (χ1) is 19.7. The number of likely N-dealkylation sites (N-methyl/N-ethyl adjacent to an activating group) is 2. The fourth-order valence-corrected chi connectivity index (χ4v) is 7.01. The minimum atomic E-state index is -0.848. The second-order valence-corrected chi connectivity index (χ2v) is 11.5. The molecule has 0 spiro atoms. The summed E-state index contributed by atoms with van der Waals surface area (Å²) in [7, 11) is 3.10. The molecule has 0 saturated carbocycles. The van der Waals surface area contributed by atoms with Gasteiger partial charge in [0, 0.05) is 35.2 Å². The van der Waals surface area contributed by atoms with Crippen molar-refractivity contribution in [3.8, 4) is 11.5 Å². The minimum Gasteiger partial charge on any atom is -0.497 e. The van der Waals surface area contributed by atoms with E-state index >= 15 is 0 Å². The predicted molar refractivity (Wildman–Crippen MR) is 162 cm³/mol. The van der Waals surface area contributed by atoms with Crippen LogP contribution >= 0.6 is 27.3 Å². The number of rotatable bonds is 7. The Kier molecular flexibility index (Phi) is 7.93. The molecule has 11 heteroatoms. The van der Waals surface area contributed by atoms with Crippen LogP contribution in [0.4, 0.5) is 5.69 Å². The molecule has 0 fully saturated rings. The van der Waals surface area contributed by atoms with Gasteiger partial charge in [-0.1, -0.05) is 27.3 Å². The summed E-state index contributed by atoms with van der Waals surface area (Å²) >= 11 is 4.67. The van der Waals surface area contributed by atoms with Crippen LogP contribution in [0.5, 0.6) is 11.5 Å². The zero-order valence-electron chi connectivity index (χ0n) is 23.8. The highest BCUT2D eigenvalue weighted by Crippen LogP contribution is 2.39. The molecular formula is C30H31BrN4O5S. The number of fused-ring (bicyclic) bond motifs is 2. The van der Waals surface area contributed by atoms with Crippen molar-refractivity contribution in [1.29, 1.82) is 0 Å². The Hall–Kier alpha value is -3.70. The van der Waals surface area contributed by atoms with Gasteiger partial charge in [-0.15, -0.1) is 0 Å². The molecular weight excluding hydrogens is 608 g/mol. The van der Waals surface area contributed by atoms with E-state index in [9.17, 15) is 14.4 Å². The Bertz CT molecular complexity index is 1790. The predicted octanol–water partition coefficient (Wildman–Crippen LogP) is 3.62. The van der Waals surface area contributed by atoms with Crippen LogP contribution in [-0.4, -0.2) is 55.1 Å². The Labute approximate surface area is 250 Å². The van der Waals surface area contributed by atoms with E-state index in [1.54, 1.807) is 49.1 Å². The third-order valence-electron chi connectivity index (χ3n) is 7.53. The van der Waals surface area contributed by atoms with E-state index in [1.807, 2.05) is 39.0 Å². The number of thiazole rings is 1. The van der Waals surface area contributed by atoms with E-state index in [0.717, 1.165) is 21.5 Å². The molecule has 0 N–H and O–H groups in total. The lowest BCUT2D eigenvalue weighted by atomic mass is 9.93. The van der Waals surface area contributed by atoms with Crippen molar-refractivity contribution in [3.63, 3.8) is 0 Å². The highest BCUT2D eigenvalue weighted by atomic mass is 79.9. The van der Waals surface area contributed by atoms with E-state index in [2.05, 4.69) is 15.9 Å². The first-order valence-electron chi connectivity index (χ1n) is 13.4. The van der Waals surface area contributed by atoms with Crippen LogP contribution < -0.4 is 29.3 Å². The Balaban J connectivity index is 1.88. The molecule has 5 rings (SSSR count). The molecule has 3 aromatic rings. The van der Waals surface area contributed by atoms with Gasteiger partial charge < -0.3 is 19.3 Å². The number of hydrogen-bond acceptors (Lipinski definition) is 7. The number of amides is 2. The normalized spacial score (nSPS) is 17.3. The fourth-order valence-electron chi connectivity index (χ4n) is 5.51. The third-order valence-corrected chi connectivity index (χ3v) is 9.08. The molecule has 2 aliphatic heterocycles. The van der Waals surface area contributed by atoms with Gasteiger partial charge in [0.15, 0.2) is 4.80 Å². The molecule has 2 aliphatic rings. The Morgan fingerprint density at radius 2 is 1.80 bits per heavy atom.